The van der Waals surface area contributed by atoms with E-state index >= 15 is 0 Å². The van der Waals surface area contributed by atoms with Crippen molar-refractivity contribution < 1.29 is 24.2 Å². The highest BCUT2D eigenvalue weighted by Gasteiger charge is 2.36. The first-order chi connectivity index (χ1) is 15.9. The summed E-state index contributed by atoms with van der Waals surface area (Å²) in [5.74, 6) is -2.08. The Morgan fingerprint density at radius 3 is 2.33 bits per heavy atom. The second-order valence-corrected chi connectivity index (χ2v) is 8.72. The fourth-order valence-corrected chi connectivity index (χ4v) is 4.09. The van der Waals surface area contributed by atoms with Crippen molar-refractivity contribution >= 4 is 11.9 Å². The van der Waals surface area contributed by atoms with Crippen LogP contribution in [0.3, 0.4) is 0 Å². The van der Waals surface area contributed by atoms with E-state index < -0.39 is 29.9 Å². The number of ether oxygens (including phenoxy) is 2. The van der Waals surface area contributed by atoms with Crippen LogP contribution in [0, 0.1) is 11.8 Å². The third-order valence-electron chi connectivity index (χ3n) is 5.83. The molecule has 33 heavy (non-hydrogen) atoms. The van der Waals surface area contributed by atoms with Gasteiger partial charge in [0.2, 0.25) is 0 Å². The van der Waals surface area contributed by atoms with Crippen molar-refractivity contribution in [3.63, 3.8) is 0 Å². The normalized spacial score (nSPS) is 18.6. The largest absolute Gasteiger partial charge is 0.489 e. The smallest absolute Gasteiger partial charge is 0.310 e. The molecule has 0 heterocycles. The molecule has 0 amide bonds. The summed E-state index contributed by atoms with van der Waals surface area (Å²) in [6, 6.07) is 18.2. The zero-order chi connectivity index (χ0) is 23.6. The first-order valence-electron chi connectivity index (χ1n) is 11.4. The summed E-state index contributed by atoms with van der Waals surface area (Å²) in [5.41, 5.74) is 2.36. The number of para-hydroxylation sites is 1. The zero-order valence-electron chi connectivity index (χ0n) is 19.4. The maximum atomic E-state index is 12.8. The summed E-state index contributed by atoms with van der Waals surface area (Å²) in [6.45, 7) is 0.685. The summed E-state index contributed by atoms with van der Waals surface area (Å²) in [4.78, 5) is 26.3. The molecule has 0 bridgehead atoms. The van der Waals surface area contributed by atoms with Crippen molar-refractivity contribution in [1.29, 1.82) is 0 Å². The second-order valence-electron chi connectivity index (χ2n) is 8.72. The van der Waals surface area contributed by atoms with Gasteiger partial charge in [-0.25, -0.2) is 0 Å². The average Bonchev–Trinajstić information content (AvgIpc) is 2.82. The summed E-state index contributed by atoms with van der Waals surface area (Å²) in [7, 11) is 3.80. The Labute approximate surface area is 195 Å². The Kier molecular flexibility index (Phi) is 9.07. The number of hydrogen-bond donors (Lipinski definition) is 1. The number of benzene rings is 2. The number of carbonyl (C=O) groups is 2. The Morgan fingerprint density at radius 1 is 0.970 bits per heavy atom. The van der Waals surface area contributed by atoms with Gasteiger partial charge in [0.1, 0.15) is 18.5 Å². The molecule has 0 fully saturated rings. The maximum absolute atomic E-state index is 12.8. The van der Waals surface area contributed by atoms with Crippen LogP contribution in [0.15, 0.2) is 66.7 Å². The number of carbonyl (C=O) groups excluding carboxylic acids is 1. The van der Waals surface area contributed by atoms with Crippen LogP contribution >= 0.6 is 0 Å². The number of allylic oxidation sites excluding steroid dienone is 2. The number of esters is 1. The molecule has 2 aromatic rings. The van der Waals surface area contributed by atoms with Crippen LogP contribution in [0.4, 0.5) is 0 Å². The van der Waals surface area contributed by atoms with Crippen molar-refractivity contribution in [2.75, 3.05) is 27.2 Å². The van der Waals surface area contributed by atoms with Gasteiger partial charge in [-0.15, -0.1) is 0 Å². The number of carboxylic acid groups (broad SMARTS) is 1. The molecule has 3 atom stereocenters. The van der Waals surface area contributed by atoms with Crippen molar-refractivity contribution in [3.8, 4) is 5.75 Å². The number of nitrogens with zero attached hydrogens (tertiary/aromatic N) is 1. The summed E-state index contributed by atoms with van der Waals surface area (Å²) in [6.07, 6.45) is 5.64. The van der Waals surface area contributed by atoms with E-state index in [9.17, 15) is 14.7 Å². The van der Waals surface area contributed by atoms with Gasteiger partial charge >= 0.3 is 11.9 Å². The minimum absolute atomic E-state index is 0.201. The molecule has 1 N–H and O–H groups in total. The van der Waals surface area contributed by atoms with E-state index in [-0.39, 0.29) is 6.61 Å². The summed E-state index contributed by atoms with van der Waals surface area (Å²) >= 11 is 0. The first kappa shape index (κ1) is 24.5. The van der Waals surface area contributed by atoms with Gasteiger partial charge in [-0.2, -0.15) is 0 Å². The lowest BCUT2D eigenvalue weighted by molar-refractivity contribution is -0.163. The van der Waals surface area contributed by atoms with Crippen LogP contribution in [-0.4, -0.2) is 55.3 Å². The summed E-state index contributed by atoms with van der Waals surface area (Å²) < 4.78 is 11.9. The Hall–Kier alpha value is -3.12. The third-order valence-corrected chi connectivity index (χ3v) is 5.83. The molecule has 3 rings (SSSR count). The molecule has 1 aliphatic carbocycles. The molecule has 1 aliphatic rings. The SMILES string of the molecule is CN(C)CC(COc1ccccc1CCc1ccccc1)OC(=O)C1CC=CCC1C(=O)O. The topological polar surface area (TPSA) is 76.1 Å². The molecule has 0 radical (unpaired) electrons. The van der Waals surface area contributed by atoms with Crippen LogP contribution in [0.25, 0.3) is 0 Å². The number of rotatable bonds is 11. The lowest BCUT2D eigenvalue weighted by atomic mass is 9.83. The lowest BCUT2D eigenvalue weighted by Gasteiger charge is -2.27. The lowest BCUT2D eigenvalue weighted by Crippen LogP contribution is -2.39. The molecule has 0 saturated carbocycles. The number of carboxylic acids is 1. The van der Waals surface area contributed by atoms with Crippen molar-refractivity contribution in [1.82, 2.24) is 4.90 Å². The molecule has 3 unspecified atom stereocenters. The van der Waals surface area contributed by atoms with Crippen LogP contribution in [0.2, 0.25) is 0 Å². The van der Waals surface area contributed by atoms with Gasteiger partial charge in [0.15, 0.2) is 0 Å². The minimum Gasteiger partial charge on any atom is -0.489 e. The second kappa shape index (κ2) is 12.2. The van der Waals surface area contributed by atoms with Gasteiger partial charge in [0.05, 0.1) is 11.8 Å². The first-order valence-corrected chi connectivity index (χ1v) is 11.4. The van der Waals surface area contributed by atoms with Crippen molar-refractivity contribution in [2.24, 2.45) is 11.8 Å². The van der Waals surface area contributed by atoms with Crippen molar-refractivity contribution in [3.05, 3.63) is 77.9 Å². The zero-order valence-corrected chi connectivity index (χ0v) is 19.4. The highest BCUT2D eigenvalue weighted by molar-refractivity contribution is 5.81. The van der Waals surface area contributed by atoms with E-state index in [1.165, 1.54) is 5.56 Å². The molecular weight excluding hydrogens is 418 g/mol. The van der Waals surface area contributed by atoms with Gasteiger partial charge in [-0.3, -0.25) is 9.59 Å². The number of aryl methyl sites for hydroxylation is 2. The number of aliphatic carboxylic acids is 1. The van der Waals surface area contributed by atoms with Gasteiger partial charge in [-0.05, 0) is 57.0 Å². The third kappa shape index (κ3) is 7.46. The molecule has 6 nitrogen and oxygen atoms in total. The average molecular weight is 452 g/mol. The van der Waals surface area contributed by atoms with E-state index in [2.05, 4.69) is 18.2 Å². The standard InChI is InChI=1S/C27H33NO5/c1-28(2)18-22(33-27(31)24-14-8-7-13-23(24)26(29)30)19-32-25-15-9-6-12-21(25)17-16-20-10-4-3-5-11-20/h3-12,15,22-24H,13-14,16-19H2,1-2H3,(H,29,30). The highest BCUT2D eigenvalue weighted by atomic mass is 16.6. The van der Waals surface area contributed by atoms with Gasteiger partial charge in [0, 0.05) is 6.54 Å². The Morgan fingerprint density at radius 2 is 1.64 bits per heavy atom. The maximum Gasteiger partial charge on any atom is 0.310 e. The van der Waals surface area contributed by atoms with E-state index in [4.69, 9.17) is 9.47 Å². The Bertz CT molecular complexity index is 941. The monoisotopic (exact) mass is 451 g/mol. The number of hydrogen-bond acceptors (Lipinski definition) is 5. The molecule has 0 aliphatic heterocycles. The van der Waals surface area contributed by atoms with Crippen LogP contribution in [0.1, 0.15) is 24.0 Å². The molecule has 176 valence electrons. The van der Waals surface area contributed by atoms with Crippen LogP contribution < -0.4 is 4.74 Å². The fourth-order valence-electron chi connectivity index (χ4n) is 4.09. The molecule has 0 aromatic heterocycles. The van der Waals surface area contributed by atoms with Crippen molar-refractivity contribution in [2.45, 2.75) is 31.8 Å². The molecular formula is C27H33NO5. The van der Waals surface area contributed by atoms with Gasteiger partial charge < -0.3 is 19.5 Å². The molecule has 6 heteroatoms. The fraction of sp³-hybridized carbons (Fsp3) is 0.407. The van der Waals surface area contributed by atoms with Gasteiger partial charge in [-0.1, -0.05) is 60.7 Å². The molecule has 2 aromatic carbocycles. The molecule has 0 saturated heterocycles. The minimum atomic E-state index is -0.964. The Balaban J connectivity index is 1.63. The highest BCUT2D eigenvalue weighted by Crippen LogP contribution is 2.28. The quantitative estimate of drug-likeness (QED) is 0.411. The van der Waals surface area contributed by atoms with Crippen LogP contribution in [0.5, 0.6) is 5.75 Å². The summed E-state index contributed by atoms with van der Waals surface area (Å²) in [5, 5.41) is 9.48. The van der Waals surface area contributed by atoms with E-state index in [0.29, 0.717) is 19.4 Å². The van der Waals surface area contributed by atoms with E-state index in [0.717, 1.165) is 24.2 Å². The van der Waals surface area contributed by atoms with Gasteiger partial charge in [0.25, 0.3) is 0 Å². The molecule has 0 spiro atoms. The van der Waals surface area contributed by atoms with E-state index in [1.807, 2.05) is 67.5 Å². The number of likely N-dealkylation sites (N-methyl/N-ethyl adjacent to an activating group) is 1. The predicted molar refractivity (Wildman–Crippen MR) is 127 cm³/mol. The van der Waals surface area contributed by atoms with Crippen LogP contribution in [-0.2, 0) is 27.2 Å². The van der Waals surface area contributed by atoms with E-state index in [1.54, 1.807) is 0 Å². The predicted octanol–water partition coefficient (Wildman–Crippen LogP) is 3.99.